The molecule has 1 aliphatic carbocycles. The van der Waals surface area contributed by atoms with Crippen molar-refractivity contribution in [1.29, 1.82) is 0 Å². The molecule has 0 saturated heterocycles. The van der Waals surface area contributed by atoms with Gasteiger partial charge in [-0.05, 0) is 30.6 Å². The summed E-state index contributed by atoms with van der Waals surface area (Å²) in [5.74, 6) is 1.70. The Labute approximate surface area is 106 Å². The topological polar surface area (TPSA) is 36.4 Å². The highest BCUT2D eigenvalue weighted by atomic mass is 15.2. The third kappa shape index (κ3) is 5.42. The first-order chi connectivity index (χ1) is 8.06. The Morgan fingerprint density at radius 1 is 1.24 bits per heavy atom. The third-order valence-corrected chi connectivity index (χ3v) is 3.73. The van der Waals surface area contributed by atoms with Crippen LogP contribution >= 0.6 is 0 Å². The van der Waals surface area contributed by atoms with Crippen molar-refractivity contribution >= 4 is 5.96 Å². The van der Waals surface area contributed by atoms with Gasteiger partial charge in [-0.3, -0.25) is 4.99 Å². The van der Waals surface area contributed by atoms with E-state index < -0.39 is 0 Å². The summed E-state index contributed by atoms with van der Waals surface area (Å²) in [5, 5.41) is 6.85. The molecule has 17 heavy (non-hydrogen) atoms. The Bertz CT molecular complexity index is 240. The molecule has 3 nitrogen and oxygen atoms in total. The molecule has 1 aliphatic rings. The van der Waals surface area contributed by atoms with Crippen molar-refractivity contribution in [2.24, 2.45) is 16.3 Å². The molecular formula is C14H29N3. The largest absolute Gasteiger partial charge is 0.356 e. The summed E-state index contributed by atoms with van der Waals surface area (Å²) in [6.45, 7) is 8.94. The van der Waals surface area contributed by atoms with Crippen LogP contribution in [-0.4, -0.2) is 26.1 Å². The number of nitrogens with one attached hydrogen (secondary N) is 2. The third-order valence-electron chi connectivity index (χ3n) is 3.73. The summed E-state index contributed by atoms with van der Waals surface area (Å²) in [4.78, 5) is 4.27. The summed E-state index contributed by atoms with van der Waals surface area (Å²) in [6.07, 6.45) is 6.67. The monoisotopic (exact) mass is 239 g/mol. The van der Waals surface area contributed by atoms with E-state index in [1.807, 2.05) is 7.05 Å². The molecule has 0 atom stereocenters. The summed E-state index contributed by atoms with van der Waals surface area (Å²) >= 11 is 0. The van der Waals surface area contributed by atoms with Crippen molar-refractivity contribution in [2.45, 2.75) is 52.9 Å². The molecule has 100 valence electrons. The zero-order valence-electron chi connectivity index (χ0n) is 12.0. The Balaban J connectivity index is 2.23. The fraction of sp³-hybridized carbons (Fsp3) is 0.929. The predicted molar refractivity (Wildman–Crippen MR) is 75.4 cm³/mol. The van der Waals surface area contributed by atoms with Crippen LogP contribution < -0.4 is 10.6 Å². The fourth-order valence-electron chi connectivity index (χ4n) is 2.40. The lowest BCUT2D eigenvalue weighted by Crippen LogP contribution is -2.42. The second kappa shape index (κ2) is 6.87. The Hall–Kier alpha value is -0.730. The normalized spacial score (nSPS) is 19.7. The molecule has 0 spiro atoms. The minimum atomic E-state index is 0.482. The van der Waals surface area contributed by atoms with Gasteiger partial charge in [-0.2, -0.15) is 0 Å². The zero-order valence-corrected chi connectivity index (χ0v) is 12.0. The van der Waals surface area contributed by atoms with Gasteiger partial charge >= 0.3 is 0 Å². The summed E-state index contributed by atoms with van der Waals surface area (Å²) in [7, 11) is 1.85. The zero-order chi connectivity index (χ0) is 12.7. The smallest absolute Gasteiger partial charge is 0.190 e. The van der Waals surface area contributed by atoms with Crippen molar-refractivity contribution in [3.8, 4) is 0 Å². The second-order valence-corrected chi connectivity index (χ2v) is 6.05. The van der Waals surface area contributed by atoms with Crippen LogP contribution in [-0.2, 0) is 0 Å². The number of guanidine groups is 1. The van der Waals surface area contributed by atoms with Crippen LogP contribution in [0.15, 0.2) is 4.99 Å². The maximum atomic E-state index is 4.27. The van der Waals surface area contributed by atoms with Crippen LogP contribution in [0.4, 0.5) is 0 Å². The van der Waals surface area contributed by atoms with Gasteiger partial charge in [-0.15, -0.1) is 0 Å². The van der Waals surface area contributed by atoms with Crippen molar-refractivity contribution in [3.63, 3.8) is 0 Å². The average Bonchev–Trinajstić information content (AvgIpc) is 2.70. The van der Waals surface area contributed by atoms with E-state index >= 15 is 0 Å². The van der Waals surface area contributed by atoms with Crippen molar-refractivity contribution < 1.29 is 0 Å². The predicted octanol–water partition coefficient (Wildman–Crippen LogP) is 2.78. The molecule has 1 saturated carbocycles. The van der Waals surface area contributed by atoms with Gasteiger partial charge in [0.1, 0.15) is 0 Å². The quantitative estimate of drug-likeness (QED) is 0.572. The van der Waals surface area contributed by atoms with Crippen LogP contribution in [0.3, 0.4) is 0 Å². The first-order valence-corrected chi connectivity index (χ1v) is 7.00. The summed E-state index contributed by atoms with van der Waals surface area (Å²) in [6, 6.07) is 0. The van der Waals surface area contributed by atoms with Crippen LogP contribution in [0, 0.1) is 11.3 Å². The molecule has 0 aliphatic heterocycles. The van der Waals surface area contributed by atoms with Crippen LogP contribution in [0.2, 0.25) is 0 Å². The maximum Gasteiger partial charge on any atom is 0.190 e. The molecule has 0 amide bonds. The molecule has 1 fully saturated rings. The highest BCUT2D eigenvalue weighted by Crippen LogP contribution is 2.36. The van der Waals surface area contributed by atoms with E-state index in [4.69, 9.17) is 0 Å². The number of hydrogen-bond donors (Lipinski definition) is 2. The van der Waals surface area contributed by atoms with Crippen molar-refractivity contribution in [3.05, 3.63) is 0 Å². The molecule has 0 bridgehead atoms. The van der Waals surface area contributed by atoms with Crippen LogP contribution in [0.5, 0.6) is 0 Å². The SMILES string of the molecule is CN=C(NCCC(C)C)NCC1(C)CCCC1. The van der Waals surface area contributed by atoms with E-state index in [0.717, 1.165) is 25.0 Å². The molecule has 0 heterocycles. The van der Waals surface area contributed by atoms with Gasteiger partial charge in [0, 0.05) is 20.1 Å². The Morgan fingerprint density at radius 3 is 2.41 bits per heavy atom. The average molecular weight is 239 g/mol. The molecular weight excluding hydrogens is 210 g/mol. The van der Waals surface area contributed by atoms with Crippen molar-refractivity contribution in [2.75, 3.05) is 20.1 Å². The summed E-state index contributed by atoms with van der Waals surface area (Å²) < 4.78 is 0. The molecule has 0 aromatic rings. The standard InChI is InChI=1S/C14H29N3/c1-12(2)7-10-16-13(15-4)17-11-14(3)8-5-6-9-14/h12H,5-11H2,1-4H3,(H2,15,16,17). The van der Waals surface area contributed by atoms with E-state index in [-0.39, 0.29) is 0 Å². The number of rotatable bonds is 5. The summed E-state index contributed by atoms with van der Waals surface area (Å²) in [5.41, 5.74) is 0.482. The van der Waals surface area contributed by atoms with Crippen molar-refractivity contribution in [1.82, 2.24) is 10.6 Å². The second-order valence-electron chi connectivity index (χ2n) is 6.05. The number of nitrogens with zero attached hydrogens (tertiary/aromatic N) is 1. The lowest BCUT2D eigenvalue weighted by molar-refractivity contribution is 0.334. The number of hydrogen-bond acceptors (Lipinski definition) is 1. The van der Waals surface area contributed by atoms with Gasteiger partial charge in [0.15, 0.2) is 5.96 Å². The van der Waals surface area contributed by atoms with Gasteiger partial charge in [-0.25, -0.2) is 0 Å². The van der Waals surface area contributed by atoms with E-state index in [1.54, 1.807) is 0 Å². The molecule has 0 aromatic heterocycles. The van der Waals surface area contributed by atoms with Crippen LogP contribution in [0.1, 0.15) is 52.9 Å². The van der Waals surface area contributed by atoms with Gasteiger partial charge < -0.3 is 10.6 Å². The molecule has 0 unspecified atom stereocenters. The molecule has 0 radical (unpaired) electrons. The minimum absolute atomic E-state index is 0.482. The lowest BCUT2D eigenvalue weighted by atomic mass is 9.89. The van der Waals surface area contributed by atoms with E-state index in [1.165, 1.54) is 32.1 Å². The van der Waals surface area contributed by atoms with Gasteiger partial charge in [0.25, 0.3) is 0 Å². The highest BCUT2D eigenvalue weighted by Gasteiger charge is 2.28. The van der Waals surface area contributed by atoms with E-state index in [2.05, 4.69) is 36.4 Å². The minimum Gasteiger partial charge on any atom is -0.356 e. The molecule has 1 rings (SSSR count). The van der Waals surface area contributed by atoms with Gasteiger partial charge in [0.2, 0.25) is 0 Å². The van der Waals surface area contributed by atoms with Gasteiger partial charge in [0.05, 0.1) is 0 Å². The Morgan fingerprint density at radius 2 is 1.88 bits per heavy atom. The molecule has 2 N–H and O–H groups in total. The highest BCUT2D eigenvalue weighted by molar-refractivity contribution is 5.79. The number of aliphatic imine (C=N–C) groups is 1. The first-order valence-electron chi connectivity index (χ1n) is 7.00. The van der Waals surface area contributed by atoms with Gasteiger partial charge in [-0.1, -0.05) is 33.6 Å². The van der Waals surface area contributed by atoms with E-state index in [0.29, 0.717) is 5.41 Å². The fourth-order valence-corrected chi connectivity index (χ4v) is 2.40. The maximum absolute atomic E-state index is 4.27. The molecule has 0 aromatic carbocycles. The Kier molecular flexibility index (Phi) is 5.79. The molecule has 3 heteroatoms. The first kappa shape index (κ1) is 14.3. The van der Waals surface area contributed by atoms with E-state index in [9.17, 15) is 0 Å². The van der Waals surface area contributed by atoms with Crippen LogP contribution in [0.25, 0.3) is 0 Å². The lowest BCUT2D eigenvalue weighted by Gasteiger charge is -2.25.